The molecule has 0 aliphatic carbocycles. The van der Waals surface area contributed by atoms with Crippen molar-refractivity contribution in [1.29, 1.82) is 0 Å². The molecule has 0 aromatic heterocycles. The van der Waals surface area contributed by atoms with E-state index in [2.05, 4.69) is 11.8 Å². The number of hydrogen-bond donors (Lipinski definition) is 1. The molecule has 0 bridgehead atoms. The van der Waals surface area contributed by atoms with Gasteiger partial charge >= 0.3 is 0 Å². The third kappa shape index (κ3) is 1.98. The summed E-state index contributed by atoms with van der Waals surface area (Å²) < 4.78 is 13.0. The highest BCUT2D eigenvalue weighted by Crippen LogP contribution is 2.23. The molecule has 0 heterocycles. The molecule has 1 aromatic rings. The maximum absolute atomic E-state index is 13.0. The number of aldehydes is 1. The fourth-order valence-electron chi connectivity index (χ4n) is 0.768. The Labute approximate surface area is 79.5 Å². The van der Waals surface area contributed by atoms with Crippen LogP contribution < -0.4 is 5.73 Å². The monoisotopic (exact) mass is 197 g/mol. The van der Waals surface area contributed by atoms with Gasteiger partial charge in [-0.2, -0.15) is 0 Å². The fourth-order valence-corrected chi connectivity index (χ4v) is 0.987. The molecule has 66 valence electrons. The van der Waals surface area contributed by atoms with E-state index >= 15 is 0 Å². The number of rotatable bonds is 0. The van der Waals surface area contributed by atoms with Crippen LogP contribution in [0.5, 0.6) is 0 Å². The number of carbonyl (C=O) groups excluding carboxylic acids is 1. The van der Waals surface area contributed by atoms with E-state index in [4.69, 9.17) is 17.3 Å². The van der Waals surface area contributed by atoms with E-state index in [1.165, 1.54) is 12.1 Å². The van der Waals surface area contributed by atoms with Crippen molar-refractivity contribution < 1.29 is 9.18 Å². The molecule has 2 N–H and O–H groups in total. The third-order valence-corrected chi connectivity index (χ3v) is 1.75. The SMILES string of the molecule is Nc1ccc(C#CC=O)c(Cl)c1F. The summed E-state index contributed by atoms with van der Waals surface area (Å²) in [7, 11) is 0. The molecule has 0 unspecified atom stereocenters. The minimum absolute atomic E-state index is 0.0401. The van der Waals surface area contributed by atoms with Gasteiger partial charge in [-0.1, -0.05) is 17.5 Å². The van der Waals surface area contributed by atoms with Gasteiger partial charge < -0.3 is 5.73 Å². The largest absolute Gasteiger partial charge is 0.396 e. The molecule has 0 saturated heterocycles. The molecule has 0 fully saturated rings. The first-order valence-corrected chi connectivity index (χ1v) is 3.73. The maximum atomic E-state index is 13.0. The van der Waals surface area contributed by atoms with Crippen LogP contribution in [-0.4, -0.2) is 6.29 Å². The van der Waals surface area contributed by atoms with Gasteiger partial charge in [0.25, 0.3) is 0 Å². The molecule has 4 heteroatoms. The number of carbonyl (C=O) groups is 1. The van der Waals surface area contributed by atoms with Crippen LogP contribution in [-0.2, 0) is 4.79 Å². The lowest BCUT2D eigenvalue weighted by atomic mass is 10.2. The van der Waals surface area contributed by atoms with E-state index in [1.54, 1.807) is 0 Å². The van der Waals surface area contributed by atoms with Crippen molar-refractivity contribution >= 4 is 23.6 Å². The lowest BCUT2D eigenvalue weighted by Crippen LogP contribution is -1.92. The Morgan fingerprint density at radius 2 is 2.23 bits per heavy atom. The minimum Gasteiger partial charge on any atom is -0.396 e. The van der Waals surface area contributed by atoms with Crippen molar-refractivity contribution in [3.05, 3.63) is 28.5 Å². The van der Waals surface area contributed by atoms with Crippen LogP contribution in [0.1, 0.15) is 5.56 Å². The highest BCUT2D eigenvalue weighted by molar-refractivity contribution is 6.32. The molecule has 1 aromatic carbocycles. The Kier molecular flexibility index (Phi) is 2.88. The van der Waals surface area contributed by atoms with Gasteiger partial charge in [-0.15, -0.1) is 0 Å². The number of anilines is 1. The van der Waals surface area contributed by atoms with Gasteiger partial charge in [0, 0.05) is 5.56 Å². The van der Waals surface area contributed by atoms with Gasteiger partial charge in [0.05, 0.1) is 10.7 Å². The topological polar surface area (TPSA) is 43.1 Å². The van der Waals surface area contributed by atoms with E-state index in [0.29, 0.717) is 6.29 Å². The molecule has 13 heavy (non-hydrogen) atoms. The third-order valence-electron chi connectivity index (χ3n) is 1.38. The summed E-state index contributed by atoms with van der Waals surface area (Å²) in [6.07, 6.45) is 0.407. The second-order valence-corrected chi connectivity index (χ2v) is 2.60. The highest BCUT2D eigenvalue weighted by atomic mass is 35.5. The summed E-state index contributed by atoms with van der Waals surface area (Å²) in [5.74, 6) is 3.81. The Hall–Kier alpha value is -1.53. The predicted molar refractivity (Wildman–Crippen MR) is 48.8 cm³/mol. The molecule has 0 spiro atoms. The standard InChI is InChI=1S/C9H5ClFNO/c10-8-6(2-1-5-13)3-4-7(12)9(8)11/h3-5H,12H2. The van der Waals surface area contributed by atoms with Crippen molar-refractivity contribution in [2.75, 3.05) is 5.73 Å². The lowest BCUT2D eigenvalue weighted by Gasteiger charge is -2.00. The molecule has 0 amide bonds. The Balaban J connectivity index is 3.25. The Morgan fingerprint density at radius 1 is 1.54 bits per heavy atom. The summed E-state index contributed by atoms with van der Waals surface area (Å²) in [6.45, 7) is 0. The van der Waals surface area contributed by atoms with Crippen LogP contribution >= 0.6 is 11.6 Å². The van der Waals surface area contributed by atoms with Gasteiger partial charge in [-0.25, -0.2) is 4.39 Å². The van der Waals surface area contributed by atoms with Crippen LogP contribution in [0.4, 0.5) is 10.1 Å². The maximum Gasteiger partial charge on any atom is 0.193 e. The predicted octanol–water partition coefficient (Wildman–Crippen LogP) is 1.61. The van der Waals surface area contributed by atoms with Crippen LogP contribution in [0, 0.1) is 17.7 Å². The fraction of sp³-hybridized carbons (Fsp3) is 0. The smallest absolute Gasteiger partial charge is 0.193 e. The minimum atomic E-state index is -0.709. The lowest BCUT2D eigenvalue weighted by molar-refractivity contribution is -0.103. The highest BCUT2D eigenvalue weighted by Gasteiger charge is 2.07. The van der Waals surface area contributed by atoms with Crippen molar-refractivity contribution in [1.82, 2.24) is 0 Å². The molecule has 0 saturated carbocycles. The molecule has 2 nitrogen and oxygen atoms in total. The van der Waals surface area contributed by atoms with Gasteiger partial charge in [0.15, 0.2) is 12.1 Å². The molecular formula is C9H5ClFNO. The number of hydrogen-bond acceptors (Lipinski definition) is 2. The van der Waals surface area contributed by atoms with Gasteiger partial charge in [-0.3, -0.25) is 4.79 Å². The first-order valence-electron chi connectivity index (χ1n) is 3.35. The van der Waals surface area contributed by atoms with Crippen molar-refractivity contribution in [3.63, 3.8) is 0 Å². The van der Waals surface area contributed by atoms with Gasteiger partial charge in [0.2, 0.25) is 0 Å². The number of benzene rings is 1. The second kappa shape index (κ2) is 3.92. The van der Waals surface area contributed by atoms with Gasteiger partial charge in [0.1, 0.15) is 0 Å². The van der Waals surface area contributed by atoms with Crippen LogP contribution in [0.15, 0.2) is 12.1 Å². The van der Waals surface area contributed by atoms with Gasteiger partial charge in [-0.05, 0) is 18.1 Å². The van der Waals surface area contributed by atoms with E-state index in [9.17, 15) is 9.18 Å². The molecule has 1 rings (SSSR count). The molecule has 0 radical (unpaired) electrons. The van der Waals surface area contributed by atoms with E-state index in [-0.39, 0.29) is 16.3 Å². The summed E-state index contributed by atoms with van der Waals surface area (Å²) in [6, 6.07) is 2.80. The number of nitrogens with two attached hydrogens (primary N) is 1. The zero-order valence-corrected chi connectivity index (χ0v) is 7.23. The summed E-state index contributed by atoms with van der Waals surface area (Å²) in [5, 5.41) is -0.158. The second-order valence-electron chi connectivity index (χ2n) is 2.22. The molecule has 0 aliphatic rings. The summed E-state index contributed by atoms with van der Waals surface area (Å²) in [5.41, 5.74) is 5.45. The van der Waals surface area contributed by atoms with Crippen molar-refractivity contribution in [2.24, 2.45) is 0 Å². The normalized spacial score (nSPS) is 8.77. The quantitative estimate of drug-likeness (QED) is 0.390. The average Bonchev–Trinajstić information content (AvgIpc) is 2.13. The molecular weight excluding hydrogens is 193 g/mol. The van der Waals surface area contributed by atoms with Crippen LogP contribution in [0.25, 0.3) is 0 Å². The van der Waals surface area contributed by atoms with E-state index < -0.39 is 5.82 Å². The zero-order valence-electron chi connectivity index (χ0n) is 6.47. The Bertz CT molecular complexity index is 406. The van der Waals surface area contributed by atoms with Crippen molar-refractivity contribution in [3.8, 4) is 11.8 Å². The first-order chi connectivity index (χ1) is 6.16. The average molecular weight is 198 g/mol. The number of nitrogen functional groups attached to an aromatic ring is 1. The van der Waals surface area contributed by atoms with E-state index in [0.717, 1.165) is 0 Å². The Morgan fingerprint density at radius 3 is 2.85 bits per heavy atom. The molecule has 0 atom stereocenters. The summed E-state index contributed by atoms with van der Waals surface area (Å²) in [4.78, 5) is 9.91. The number of halogens is 2. The van der Waals surface area contributed by atoms with Crippen LogP contribution in [0.3, 0.4) is 0 Å². The van der Waals surface area contributed by atoms with Crippen molar-refractivity contribution in [2.45, 2.75) is 0 Å². The first kappa shape index (κ1) is 9.56. The summed E-state index contributed by atoms with van der Waals surface area (Å²) >= 11 is 5.56. The molecule has 0 aliphatic heterocycles. The van der Waals surface area contributed by atoms with Crippen LogP contribution in [0.2, 0.25) is 5.02 Å². The van der Waals surface area contributed by atoms with E-state index in [1.807, 2.05) is 0 Å². The zero-order chi connectivity index (χ0) is 9.84.